The number of rotatable bonds is 7. The maximum atomic E-state index is 11.9. The zero-order valence-electron chi connectivity index (χ0n) is 12.3. The van der Waals surface area contributed by atoms with Gasteiger partial charge in [0.2, 0.25) is 0 Å². The molecule has 0 aliphatic rings. The van der Waals surface area contributed by atoms with E-state index < -0.39 is 10.8 Å². The lowest BCUT2D eigenvalue weighted by Gasteiger charge is -2.20. The number of nitrogens with zero attached hydrogens (tertiary/aromatic N) is 3. The molecule has 1 N–H and O–H groups in total. The third kappa shape index (κ3) is 5.28. The highest BCUT2D eigenvalue weighted by molar-refractivity contribution is 6.32. The molecule has 7 nitrogen and oxygen atoms in total. The van der Waals surface area contributed by atoms with Crippen molar-refractivity contribution in [3.63, 3.8) is 0 Å². The number of carbonyl (C=O) groups is 1. The van der Waals surface area contributed by atoms with Crippen LogP contribution in [0.15, 0.2) is 12.3 Å². The standard InChI is InChI=1S/C13H19ClN4O3/c1-9(2)17(3)6-4-5-15-13(19)11-7-10(18(20)21)8-16-12(11)14/h7-9H,4-6H2,1-3H3,(H,15,19). The Kier molecular flexibility index (Phi) is 6.51. The molecule has 1 amide bonds. The van der Waals surface area contributed by atoms with Crippen LogP contribution in [0.3, 0.4) is 0 Å². The Morgan fingerprint density at radius 3 is 2.81 bits per heavy atom. The van der Waals surface area contributed by atoms with Crippen molar-refractivity contribution in [2.75, 3.05) is 20.1 Å². The Bertz CT molecular complexity index is 522. The Morgan fingerprint density at radius 2 is 2.24 bits per heavy atom. The van der Waals surface area contributed by atoms with Gasteiger partial charge in [0.25, 0.3) is 11.6 Å². The van der Waals surface area contributed by atoms with Gasteiger partial charge >= 0.3 is 0 Å². The molecule has 1 aromatic heterocycles. The van der Waals surface area contributed by atoms with E-state index in [9.17, 15) is 14.9 Å². The zero-order valence-corrected chi connectivity index (χ0v) is 13.1. The van der Waals surface area contributed by atoms with E-state index in [2.05, 4.69) is 29.0 Å². The number of halogens is 1. The maximum absolute atomic E-state index is 11.9. The lowest BCUT2D eigenvalue weighted by Crippen LogP contribution is -2.31. The number of carbonyl (C=O) groups excluding carboxylic acids is 1. The van der Waals surface area contributed by atoms with Crippen LogP contribution in [-0.2, 0) is 0 Å². The molecular weight excluding hydrogens is 296 g/mol. The van der Waals surface area contributed by atoms with Crippen LogP contribution < -0.4 is 5.32 Å². The molecule has 0 saturated heterocycles. The van der Waals surface area contributed by atoms with Crippen LogP contribution in [0.5, 0.6) is 0 Å². The molecule has 8 heteroatoms. The molecular formula is C13H19ClN4O3. The van der Waals surface area contributed by atoms with Gasteiger partial charge in [-0.3, -0.25) is 14.9 Å². The zero-order chi connectivity index (χ0) is 16.0. The SMILES string of the molecule is CC(C)N(C)CCCNC(=O)c1cc([N+](=O)[O-])cnc1Cl. The Morgan fingerprint density at radius 1 is 1.57 bits per heavy atom. The summed E-state index contributed by atoms with van der Waals surface area (Å²) < 4.78 is 0. The first-order valence-electron chi connectivity index (χ1n) is 6.61. The summed E-state index contributed by atoms with van der Waals surface area (Å²) in [5, 5.41) is 13.3. The van der Waals surface area contributed by atoms with Gasteiger partial charge in [0.1, 0.15) is 11.3 Å². The molecule has 0 aromatic carbocycles. The number of hydrogen-bond acceptors (Lipinski definition) is 5. The third-order valence-corrected chi connectivity index (χ3v) is 3.44. The van der Waals surface area contributed by atoms with E-state index in [1.54, 1.807) is 0 Å². The van der Waals surface area contributed by atoms with Crippen molar-refractivity contribution in [1.29, 1.82) is 0 Å². The summed E-state index contributed by atoms with van der Waals surface area (Å²) in [5.74, 6) is -0.455. The first-order valence-corrected chi connectivity index (χ1v) is 6.99. The second-order valence-electron chi connectivity index (χ2n) is 4.97. The molecule has 0 unspecified atom stereocenters. The molecule has 0 radical (unpaired) electrons. The fourth-order valence-corrected chi connectivity index (χ4v) is 1.77. The second-order valence-corrected chi connectivity index (χ2v) is 5.33. The van der Waals surface area contributed by atoms with Crippen molar-refractivity contribution in [1.82, 2.24) is 15.2 Å². The molecule has 1 rings (SSSR count). The summed E-state index contributed by atoms with van der Waals surface area (Å²) in [7, 11) is 2.01. The smallest absolute Gasteiger partial charge is 0.288 e. The predicted molar refractivity (Wildman–Crippen MR) is 80.6 cm³/mol. The van der Waals surface area contributed by atoms with Crippen LogP contribution in [0.2, 0.25) is 5.15 Å². The van der Waals surface area contributed by atoms with Crippen molar-refractivity contribution in [2.24, 2.45) is 0 Å². The van der Waals surface area contributed by atoms with Gasteiger partial charge in [0.05, 0.1) is 10.5 Å². The number of aromatic nitrogens is 1. The van der Waals surface area contributed by atoms with Crippen LogP contribution in [0.4, 0.5) is 5.69 Å². The van der Waals surface area contributed by atoms with E-state index >= 15 is 0 Å². The highest BCUT2D eigenvalue weighted by Gasteiger charge is 2.16. The fraction of sp³-hybridized carbons (Fsp3) is 0.538. The van der Waals surface area contributed by atoms with Crippen molar-refractivity contribution in [2.45, 2.75) is 26.3 Å². The molecule has 0 aliphatic heterocycles. The molecule has 0 aliphatic carbocycles. The van der Waals surface area contributed by atoms with E-state index in [0.29, 0.717) is 12.6 Å². The Balaban J connectivity index is 2.56. The number of nitro groups is 1. The Labute approximate surface area is 128 Å². The van der Waals surface area contributed by atoms with Gasteiger partial charge in [0, 0.05) is 18.7 Å². The van der Waals surface area contributed by atoms with Crippen LogP contribution in [0.1, 0.15) is 30.6 Å². The summed E-state index contributed by atoms with van der Waals surface area (Å²) in [4.78, 5) is 27.8. The summed E-state index contributed by atoms with van der Waals surface area (Å²) >= 11 is 5.80. The monoisotopic (exact) mass is 314 g/mol. The number of pyridine rings is 1. The van der Waals surface area contributed by atoms with E-state index in [0.717, 1.165) is 25.2 Å². The molecule has 0 fully saturated rings. The first-order chi connectivity index (χ1) is 9.82. The lowest BCUT2D eigenvalue weighted by atomic mass is 10.2. The van der Waals surface area contributed by atoms with E-state index in [4.69, 9.17) is 11.6 Å². The van der Waals surface area contributed by atoms with Gasteiger partial charge in [-0.05, 0) is 33.9 Å². The summed E-state index contributed by atoms with van der Waals surface area (Å²) in [5.41, 5.74) is -0.243. The summed E-state index contributed by atoms with van der Waals surface area (Å²) in [6, 6.07) is 1.57. The van der Waals surface area contributed by atoms with Gasteiger partial charge < -0.3 is 10.2 Å². The first kappa shape index (κ1) is 17.3. The van der Waals surface area contributed by atoms with Crippen LogP contribution in [-0.4, -0.2) is 46.9 Å². The maximum Gasteiger partial charge on any atom is 0.288 e. The molecule has 0 atom stereocenters. The van der Waals surface area contributed by atoms with Crippen LogP contribution in [0, 0.1) is 10.1 Å². The molecule has 0 spiro atoms. The van der Waals surface area contributed by atoms with Crippen molar-refractivity contribution >= 4 is 23.2 Å². The van der Waals surface area contributed by atoms with E-state index in [1.165, 1.54) is 0 Å². The van der Waals surface area contributed by atoms with Gasteiger partial charge in [-0.1, -0.05) is 11.6 Å². The molecule has 116 valence electrons. The molecule has 1 heterocycles. The molecule has 1 aromatic rings. The number of hydrogen-bond donors (Lipinski definition) is 1. The van der Waals surface area contributed by atoms with E-state index in [-0.39, 0.29) is 16.4 Å². The fourth-order valence-electron chi connectivity index (χ4n) is 1.58. The van der Waals surface area contributed by atoms with E-state index in [1.807, 2.05) is 7.05 Å². The largest absolute Gasteiger partial charge is 0.352 e. The Hall–Kier alpha value is -1.73. The van der Waals surface area contributed by atoms with Gasteiger partial charge in [-0.2, -0.15) is 0 Å². The van der Waals surface area contributed by atoms with Gasteiger partial charge in [-0.25, -0.2) is 4.98 Å². The highest BCUT2D eigenvalue weighted by atomic mass is 35.5. The van der Waals surface area contributed by atoms with Gasteiger partial charge in [-0.15, -0.1) is 0 Å². The molecule has 0 saturated carbocycles. The van der Waals surface area contributed by atoms with Crippen molar-refractivity contribution < 1.29 is 9.72 Å². The minimum absolute atomic E-state index is 0.0167. The van der Waals surface area contributed by atoms with Crippen LogP contribution >= 0.6 is 11.6 Å². The summed E-state index contributed by atoms with van der Waals surface area (Å²) in [6.45, 7) is 5.49. The molecule has 0 bridgehead atoms. The van der Waals surface area contributed by atoms with Crippen molar-refractivity contribution in [3.05, 3.63) is 33.1 Å². The molecule has 21 heavy (non-hydrogen) atoms. The third-order valence-electron chi connectivity index (χ3n) is 3.13. The number of nitrogens with one attached hydrogen (secondary N) is 1. The topological polar surface area (TPSA) is 88.4 Å². The lowest BCUT2D eigenvalue weighted by molar-refractivity contribution is -0.385. The van der Waals surface area contributed by atoms with Crippen LogP contribution in [0.25, 0.3) is 0 Å². The highest BCUT2D eigenvalue weighted by Crippen LogP contribution is 2.18. The average molecular weight is 315 g/mol. The normalized spacial score (nSPS) is 11.0. The van der Waals surface area contributed by atoms with Gasteiger partial charge in [0.15, 0.2) is 0 Å². The average Bonchev–Trinajstić information content (AvgIpc) is 2.43. The second kappa shape index (κ2) is 7.90. The predicted octanol–water partition coefficient (Wildman–Crippen LogP) is 2.10. The van der Waals surface area contributed by atoms with Crippen molar-refractivity contribution in [3.8, 4) is 0 Å². The summed E-state index contributed by atoms with van der Waals surface area (Å²) in [6.07, 6.45) is 1.80. The quantitative estimate of drug-likeness (QED) is 0.360. The minimum Gasteiger partial charge on any atom is -0.352 e. The minimum atomic E-state index is -0.613. The number of amides is 1.